The van der Waals surface area contributed by atoms with Crippen molar-refractivity contribution in [2.75, 3.05) is 13.2 Å². The molecule has 2 aromatic carbocycles. The van der Waals surface area contributed by atoms with Crippen molar-refractivity contribution in [3.63, 3.8) is 0 Å². The van der Waals surface area contributed by atoms with Gasteiger partial charge in [0.05, 0.1) is 0 Å². The van der Waals surface area contributed by atoms with Crippen LogP contribution in [-0.2, 0) is 16.0 Å². The summed E-state index contributed by atoms with van der Waals surface area (Å²) in [5.41, 5.74) is 8.53. The number of allylic oxidation sites excluding steroid dienone is 7. The summed E-state index contributed by atoms with van der Waals surface area (Å²) in [5, 5.41) is 9.28. The van der Waals surface area contributed by atoms with E-state index < -0.39 is 12.1 Å². The van der Waals surface area contributed by atoms with Crippen LogP contribution in [0.25, 0.3) is 11.1 Å². The van der Waals surface area contributed by atoms with Gasteiger partial charge in [0.25, 0.3) is 0 Å². The van der Waals surface area contributed by atoms with Crippen LogP contribution in [0.2, 0.25) is 0 Å². The maximum absolute atomic E-state index is 11.3. The average molecular weight is 443 g/mol. The number of carbonyl (C=O) groups is 1. The van der Waals surface area contributed by atoms with Crippen molar-refractivity contribution in [1.29, 1.82) is 0 Å². The molecule has 0 saturated heterocycles. The molecule has 0 saturated carbocycles. The zero-order valence-electron chi connectivity index (χ0n) is 19.2. The number of benzene rings is 2. The van der Waals surface area contributed by atoms with Gasteiger partial charge in [0.15, 0.2) is 6.10 Å². The average Bonchev–Trinajstić information content (AvgIpc) is 3.00. The number of hydrogen-bond acceptors (Lipinski definition) is 3. The second kappa shape index (κ2) is 10.5. The summed E-state index contributed by atoms with van der Waals surface area (Å²) in [6.45, 7) is 4.77. The van der Waals surface area contributed by atoms with Crippen LogP contribution in [0.1, 0.15) is 43.4 Å². The van der Waals surface area contributed by atoms with Gasteiger partial charge in [-0.2, -0.15) is 0 Å². The Labute approximate surface area is 195 Å². The highest BCUT2D eigenvalue weighted by Gasteiger charge is 2.19. The van der Waals surface area contributed by atoms with E-state index in [1.807, 2.05) is 24.3 Å². The molecule has 1 N–H and O–H groups in total. The van der Waals surface area contributed by atoms with Crippen molar-refractivity contribution in [2.24, 2.45) is 0 Å². The first-order valence-corrected chi connectivity index (χ1v) is 11.5. The number of rotatable bonds is 8. The molecule has 2 aliphatic rings. The van der Waals surface area contributed by atoms with Crippen LogP contribution < -0.4 is 4.74 Å². The Morgan fingerprint density at radius 3 is 2.52 bits per heavy atom. The van der Waals surface area contributed by atoms with Gasteiger partial charge in [-0.25, -0.2) is 4.79 Å². The van der Waals surface area contributed by atoms with Crippen molar-refractivity contribution in [3.05, 3.63) is 101 Å². The standard InChI is InChI=1S/C29H30O4/c1-3-32-28(29(30)31)18-21-12-15-23(16-13-21)33-19-20(2)24-17-14-22-8-4-5-9-25(22)27-11-7-6-10-26(24)27/h4,6-8,10-17,28H,3,5,9,18-19H2,1-2H3,(H,30,31)/b24-20+. The quantitative estimate of drug-likeness (QED) is 0.525. The fourth-order valence-electron chi connectivity index (χ4n) is 4.37. The predicted molar refractivity (Wildman–Crippen MR) is 132 cm³/mol. The summed E-state index contributed by atoms with van der Waals surface area (Å²) in [5.74, 6) is -0.184. The SMILES string of the molecule is CCOC(Cc1ccc(OC/C(C)=C2\C=CC3=C(CCC=C3)c3ccccc32)cc1)C(=O)O. The molecule has 0 amide bonds. The van der Waals surface area contributed by atoms with E-state index in [-0.39, 0.29) is 0 Å². The van der Waals surface area contributed by atoms with Gasteiger partial charge in [-0.15, -0.1) is 0 Å². The first-order chi connectivity index (χ1) is 16.1. The van der Waals surface area contributed by atoms with E-state index in [1.165, 1.54) is 27.8 Å². The molecule has 4 heteroatoms. The lowest BCUT2D eigenvalue weighted by atomic mass is 9.88. The second-order valence-electron chi connectivity index (χ2n) is 8.37. The van der Waals surface area contributed by atoms with Crippen LogP contribution in [0.5, 0.6) is 5.75 Å². The van der Waals surface area contributed by atoms with Gasteiger partial charge in [-0.3, -0.25) is 0 Å². The van der Waals surface area contributed by atoms with Gasteiger partial charge < -0.3 is 14.6 Å². The first-order valence-electron chi connectivity index (χ1n) is 11.5. The maximum Gasteiger partial charge on any atom is 0.333 e. The highest BCUT2D eigenvalue weighted by molar-refractivity contribution is 5.90. The topological polar surface area (TPSA) is 55.8 Å². The Balaban J connectivity index is 1.49. The summed E-state index contributed by atoms with van der Waals surface area (Å²) >= 11 is 0. The third kappa shape index (κ3) is 5.35. The summed E-state index contributed by atoms with van der Waals surface area (Å²) in [6.07, 6.45) is 10.5. The molecule has 1 unspecified atom stereocenters. The molecule has 4 rings (SSSR count). The van der Waals surface area contributed by atoms with Gasteiger partial charge >= 0.3 is 5.97 Å². The van der Waals surface area contributed by atoms with Crippen LogP contribution in [0.4, 0.5) is 0 Å². The minimum Gasteiger partial charge on any atom is -0.489 e. The zero-order valence-corrected chi connectivity index (χ0v) is 19.2. The van der Waals surface area contributed by atoms with Crippen LogP contribution in [0.15, 0.2) is 84.0 Å². The van der Waals surface area contributed by atoms with E-state index in [2.05, 4.69) is 55.5 Å². The fourth-order valence-corrected chi connectivity index (χ4v) is 4.37. The summed E-state index contributed by atoms with van der Waals surface area (Å²) in [4.78, 5) is 11.3. The van der Waals surface area contributed by atoms with Gasteiger partial charge in [-0.05, 0) is 77.8 Å². The van der Waals surface area contributed by atoms with Crippen molar-refractivity contribution in [1.82, 2.24) is 0 Å². The highest BCUT2D eigenvalue weighted by atomic mass is 16.5. The lowest BCUT2D eigenvalue weighted by Gasteiger charge is -2.17. The third-order valence-corrected chi connectivity index (χ3v) is 6.08. The smallest absolute Gasteiger partial charge is 0.333 e. The summed E-state index contributed by atoms with van der Waals surface area (Å²) < 4.78 is 11.4. The van der Waals surface area contributed by atoms with E-state index in [9.17, 15) is 9.90 Å². The lowest BCUT2D eigenvalue weighted by Crippen LogP contribution is -2.26. The van der Waals surface area contributed by atoms with Crippen molar-refractivity contribution in [2.45, 2.75) is 39.2 Å². The van der Waals surface area contributed by atoms with Crippen molar-refractivity contribution >= 4 is 17.1 Å². The van der Waals surface area contributed by atoms with Gasteiger partial charge in [-0.1, -0.05) is 60.7 Å². The van der Waals surface area contributed by atoms with E-state index in [0.29, 0.717) is 19.6 Å². The van der Waals surface area contributed by atoms with E-state index >= 15 is 0 Å². The van der Waals surface area contributed by atoms with Crippen LogP contribution >= 0.6 is 0 Å². The van der Waals surface area contributed by atoms with E-state index in [0.717, 1.165) is 29.7 Å². The molecular weight excluding hydrogens is 412 g/mol. The monoisotopic (exact) mass is 442 g/mol. The van der Waals surface area contributed by atoms with E-state index in [4.69, 9.17) is 9.47 Å². The van der Waals surface area contributed by atoms with Gasteiger partial charge in [0.2, 0.25) is 0 Å². The van der Waals surface area contributed by atoms with Crippen LogP contribution in [0.3, 0.4) is 0 Å². The van der Waals surface area contributed by atoms with E-state index in [1.54, 1.807) is 6.92 Å². The lowest BCUT2D eigenvalue weighted by molar-refractivity contribution is -0.149. The molecule has 0 radical (unpaired) electrons. The zero-order chi connectivity index (χ0) is 23.2. The number of hydrogen-bond donors (Lipinski definition) is 1. The summed E-state index contributed by atoms with van der Waals surface area (Å²) in [6, 6.07) is 16.2. The molecule has 0 heterocycles. The molecule has 0 bridgehead atoms. The minimum absolute atomic E-state index is 0.334. The molecule has 0 spiro atoms. The van der Waals surface area contributed by atoms with Crippen molar-refractivity contribution in [3.8, 4) is 5.75 Å². The fraction of sp³-hybridized carbons (Fsp3) is 0.276. The molecule has 2 aromatic rings. The summed E-state index contributed by atoms with van der Waals surface area (Å²) in [7, 11) is 0. The molecule has 0 aromatic heterocycles. The molecular formula is C29H30O4. The molecule has 2 aliphatic carbocycles. The number of carboxylic acids is 1. The van der Waals surface area contributed by atoms with Gasteiger partial charge in [0.1, 0.15) is 12.4 Å². The Morgan fingerprint density at radius 2 is 1.79 bits per heavy atom. The normalized spacial score (nSPS) is 17.2. The number of carboxylic acid groups (broad SMARTS) is 1. The molecule has 1 atom stereocenters. The number of aliphatic carboxylic acids is 1. The predicted octanol–water partition coefficient (Wildman–Crippen LogP) is 6.24. The van der Waals surface area contributed by atoms with Gasteiger partial charge in [0, 0.05) is 13.0 Å². The molecule has 4 nitrogen and oxygen atoms in total. The largest absolute Gasteiger partial charge is 0.489 e. The van der Waals surface area contributed by atoms with Crippen molar-refractivity contribution < 1.29 is 19.4 Å². The van der Waals surface area contributed by atoms with Crippen LogP contribution in [-0.4, -0.2) is 30.4 Å². The Kier molecular flexibility index (Phi) is 7.26. The Morgan fingerprint density at radius 1 is 1.03 bits per heavy atom. The first kappa shape index (κ1) is 22.8. The minimum atomic E-state index is -0.942. The second-order valence-corrected chi connectivity index (χ2v) is 8.37. The third-order valence-electron chi connectivity index (χ3n) is 6.08. The molecule has 33 heavy (non-hydrogen) atoms. The Bertz CT molecular complexity index is 1130. The molecule has 0 fully saturated rings. The Hall–Kier alpha value is -3.37. The maximum atomic E-state index is 11.3. The molecule has 170 valence electrons. The van der Waals surface area contributed by atoms with Crippen LogP contribution in [0, 0.1) is 0 Å². The molecule has 0 aliphatic heterocycles. The highest BCUT2D eigenvalue weighted by Crippen LogP contribution is 2.38. The number of ether oxygens (including phenoxy) is 2. The number of fused-ring (bicyclic) bond motifs is 2.